The Kier molecular flexibility index (Phi) is 3.22. The Morgan fingerprint density at radius 2 is 2.16 bits per heavy atom. The van der Waals surface area contributed by atoms with E-state index in [1.807, 2.05) is 6.20 Å². The lowest BCUT2D eigenvalue weighted by Crippen LogP contribution is -2.24. The van der Waals surface area contributed by atoms with E-state index in [0.717, 1.165) is 12.2 Å². The van der Waals surface area contributed by atoms with E-state index in [9.17, 15) is 0 Å². The number of aryl methyl sites for hydroxylation is 2. The average molecular weight is 253 g/mol. The first-order valence-corrected chi connectivity index (χ1v) is 6.80. The van der Waals surface area contributed by atoms with Crippen LogP contribution in [0.25, 0.3) is 0 Å². The van der Waals surface area contributed by atoms with Gasteiger partial charge in [-0.25, -0.2) is 0 Å². The van der Waals surface area contributed by atoms with Crippen molar-refractivity contribution < 1.29 is 0 Å². The molecule has 2 heterocycles. The number of nitrogens with two attached hydrogens (primary N) is 1. The standard InChI is InChI=1S/C16H19N3/c1-12-4-5-16-13(9-12)3-2-8-19(16)15-6-7-18-14(10-15)11-17/h4-7,9-10H,2-3,8,11,17H2,1H3. The summed E-state index contributed by atoms with van der Waals surface area (Å²) in [5.41, 5.74) is 11.9. The number of aromatic nitrogens is 1. The first-order valence-electron chi connectivity index (χ1n) is 6.80. The number of nitrogens with zero attached hydrogens (tertiary/aromatic N) is 2. The molecule has 0 bridgehead atoms. The fourth-order valence-corrected chi connectivity index (χ4v) is 2.74. The number of fused-ring (bicyclic) bond motifs is 1. The molecule has 0 unspecified atom stereocenters. The molecule has 0 radical (unpaired) electrons. The van der Waals surface area contributed by atoms with Crippen LogP contribution >= 0.6 is 0 Å². The molecule has 0 aliphatic carbocycles. The molecule has 0 atom stereocenters. The highest BCUT2D eigenvalue weighted by Crippen LogP contribution is 2.33. The molecule has 0 saturated heterocycles. The molecule has 2 N–H and O–H groups in total. The second-order valence-electron chi connectivity index (χ2n) is 5.10. The predicted molar refractivity (Wildman–Crippen MR) is 78.6 cm³/mol. The van der Waals surface area contributed by atoms with Crippen LogP contribution in [0.4, 0.5) is 11.4 Å². The van der Waals surface area contributed by atoms with E-state index in [1.54, 1.807) is 0 Å². The van der Waals surface area contributed by atoms with Crippen molar-refractivity contribution in [1.29, 1.82) is 0 Å². The minimum absolute atomic E-state index is 0.489. The highest BCUT2D eigenvalue weighted by atomic mass is 15.1. The zero-order valence-corrected chi connectivity index (χ0v) is 11.3. The molecule has 3 heteroatoms. The summed E-state index contributed by atoms with van der Waals surface area (Å²) in [6.45, 7) is 3.70. The molecule has 19 heavy (non-hydrogen) atoms. The lowest BCUT2D eigenvalue weighted by Gasteiger charge is -2.31. The summed E-state index contributed by atoms with van der Waals surface area (Å²) in [6, 6.07) is 10.9. The Balaban J connectivity index is 2.03. The largest absolute Gasteiger partial charge is 0.341 e. The predicted octanol–water partition coefficient (Wildman–Crippen LogP) is 2.93. The van der Waals surface area contributed by atoms with Crippen molar-refractivity contribution in [1.82, 2.24) is 4.98 Å². The zero-order chi connectivity index (χ0) is 13.2. The maximum Gasteiger partial charge on any atom is 0.0560 e. The van der Waals surface area contributed by atoms with Gasteiger partial charge in [0.1, 0.15) is 0 Å². The monoisotopic (exact) mass is 253 g/mol. The molecule has 0 amide bonds. The highest BCUT2D eigenvalue weighted by Gasteiger charge is 2.18. The first-order chi connectivity index (χ1) is 9.28. The lowest BCUT2D eigenvalue weighted by atomic mass is 9.99. The maximum atomic E-state index is 5.68. The van der Waals surface area contributed by atoms with E-state index >= 15 is 0 Å². The smallest absolute Gasteiger partial charge is 0.0560 e. The molecule has 3 rings (SSSR count). The van der Waals surface area contributed by atoms with Gasteiger partial charge in [-0.2, -0.15) is 0 Å². The van der Waals surface area contributed by atoms with E-state index in [-0.39, 0.29) is 0 Å². The Hall–Kier alpha value is -1.87. The van der Waals surface area contributed by atoms with Crippen molar-refractivity contribution >= 4 is 11.4 Å². The number of hydrogen-bond acceptors (Lipinski definition) is 3. The van der Waals surface area contributed by atoms with Crippen molar-refractivity contribution in [3.05, 3.63) is 53.3 Å². The van der Waals surface area contributed by atoms with Crippen LogP contribution in [-0.2, 0) is 13.0 Å². The summed E-state index contributed by atoms with van der Waals surface area (Å²) in [6.07, 6.45) is 4.21. The molecule has 0 spiro atoms. The van der Waals surface area contributed by atoms with Gasteiger partial charge in [0.05, 0.1) is 5.69 Å². The highest BCUT2D eigenvalue weighted by molar-refractivity contribution is 5.68. The van der Waals surface area contributed by atoms with Crippen LogP contribution in [-0.4, -0.2) is 11.5 Å². The molecule has 1 aliphatic rings. The average Bonchev–Trinajstić information content (AvgIpc) is 2.46. The molecule has 1 aromatic carbocycles. The molecule has 98 valence electrons. The number of benzene rings is 1. The molecular formula is C16H19N3. The third-order valence-electron chi connectivity index (χ3n) is 3.67. The number of anilines is 2. The van der Waals surface area contributed by atoms with Crippen LogP contribution in [0.15, 0.2) is 36.5 Å². The molecule has 1 aromatic heterocycles. The fourth-order valence-electron chi connectivity index (χ4n) is 2.74. The van der Waals surface area contributed by atoms with Crippen LogP contribution in [0.1, 0.15) is 23.2 Å². The molecule has 0 saturated carbocycles. The van der Waals surface area contributed by atoms with Gasteiger partial charge in [0.25, 0.3) is 0 Å². The van der Waals surface area contributed by atoms with Gasteiger partial charge in [0, 0.05) is 30.7 Å². The van der Waals surface area contributed by atoms with Gasteiger partial charge in [0.2, 0.25) is 0 Å². The third-order valence-corrected chi connectivity index (χ3v) is 3.67. The molecule has 0 fully saturated rings. The molecular weight excluding hydrogens is 234 g/mol. The van der Waals surface area contributed by atoms with Crippen molar-refractivity contribution in [2.75, 3.05) is 11.4 Å². The molecule has 2 aromatic rings. The summed E-state index contributed by atoms with van der Waals surface area (Å²) in [7, 11) is 0. The normalized spacial score (nSPS) is 14.3. The van der Waals surface area contributed by atoms with Crippen LogP contribution in [0.3, 0.4) is 0 Å². The Morgan fingerprint density at radius 3 is 3.00 bits per heavy atom. The maximum absolute atomic E-state index is 5.68. The van der Waals surface area contributed by atoms with Crippen LogP contribution in [0, 0.1) is 6.92 Å². The minimum atomic E-state index is 0.489. The van der Waals surface area contributed by atoms with Gasteiger partial charge in [0.15, 0.2) is 0 Å². The van der Waals surface area contributed by atoms with Gasteiger partial charge >= 0.3 is 0 Å². The van der Waals surface area contributed by atoms with Crippen LogP contribution in [0.2, 0.25) is 0 Å². The SMILES string of the molecule is Cc1ccc2c(c1)CCCN2c1ccnc(CN)c1. The summed E-state index contributed by atoms with van der Waals surface area (Å²) in [5, 5.41) is 0. The van der Waals surface area contributed by atoms with Gasteiger partial charge in [-0.1, -0.05) is 17.7 Å². The minimum Gasteiger partial charge on any atom is -0.341 e. The molecule has 3 nitrogen and oxygen atoms in total. The molecule has 1 aliphatic heterocycles. The first kappa shape index (κ1) is 12.2. The fraction of sp³-hybridized carbons (Fsp3) is 0.312. The zero-order valence-electron chi connectivity index (χ0n) is 11.3. The topological polar surface area (TPSA) is 42.2 Å². The number of rotatable bonds is 2. The van der Waals surface area contributed by atoms with Gasteiger partial charge in [-0.15, -0.1) is 0 Å². The van der Waals surface area contributed by atoms with Gasteiger partial charge in [-0.3, -0.25) is 4.98 Å². The third kappa shape index (κ3) is 2.34. The van der Waals surface area contributed by atoms with Crippen molar-refractivity contribution in [3.8, 4) is 0 Å². The van der Waals surface area contributed by atoms with E-state index in [4.69, 9.17) is 5.73 Å². The van der Waals surface area contributed by atoms with Crippen LogP contribution in [0.5, 0.6) is 0 Å². The van der Waals surface area contributed by atoms with Crippen LogP contribution < -0.4 is 10.6 Å². The second-order valence-corrected chi connectivity index (χ2v) is 5.10. The summed E-state index contributed by atoms with van der Waals surface area (Å²) in [4.78, 5) is 6.65. The Labute approximate surface area is 114 Å². The summed E-state index contributed by atoms with van der Waals surface area (Å²) in [5.74, 6) is 0. The summed E-state index contributed by atoms with van der Waals surface area (Å²) >= 11 is 0. The van der Waals surface area contributed by atoms with Gasteiger partial charge in [-0.05, 0) is 43.5 Å². The quantitative estimate of drug-likeness (QED) is 0.894. The second kappa shape index (κ2) is 5.02. The van der Waals surface area contributed by atoms with E-state index in [2.05, 4.69) is 47.1 Å². The Bertz CT molecular complexity index is 592. The van der Waals surface area contributed by atoms with Gasteiger partial charge < -0.3 is 10.6 Å². The number of hydrogen-bond donors (Lipinski definition) is 1. The van der Waals surface area contributed by atoms with Crippen molar-refractivity contribution in [3.63, 3.8) is 0 Å². The van der Waals surface area contributed by atoms with E-state index < -0.39 is 0 Å². The van der Waals surface area contributed by atoms with E-state index in [1.165, 1.54) is 35.3 Å². The number of pyridine rings is 1. The Morgan fingerprint density at radius 1 is 1.26 bits per heavy atom. The van der Waals surface area contributed by atoms with Crippen molar-refractivity contribution in [2.24, 2.45) is 5.73 Å². The lowest BCUT2D eigenvalue weighted by molar-refractivity contribution is 0.764. The van der Waals surface area contributed by atoms with Crippen molar-refractivity contribution in [2.45, 2.75) is 26.3 Å². The summed E-state index contributed by atoms with van der Waals surface area (Å²) < 4.78 is 0. The van der Waals surface area contributed by atoms with E-state index in [0.29, 0.717) is 6.54 Å².